The molecule has 5 nitrogen and oxygen atoms in total. The van der Waals surface area contributed by atoms with Crippen molar-refractivity contribution in [3.63, 3.8) is 0 Å². The quantitative estimate of drug-likeness (QED) is 0.822. The van der Waals surface area contributed by atoms with Gasteiger partial charge in [-0.15, -0.1) is 10.2 Å². The normalized spacial score (nSPS) is 10.4. The molecule has 0 fully saturated rings. The highest BCUT2D eigenvalue weighted by molar-refractivity contribution is 7.99. The van der Waals surface area contributed by atoms with E-state index in [1.165, 1.54) is 11.8 Å². The molecule has 0 atom stereocenters. The maximum atomic E-state index is 11.8. The van der Waals surface area contributed by atoms with Crippen molar-refractivity contribution in [3.05, 3.63) is 41.8 Å². The highest BCUT2D eigenvalue weighted by Crippen LogP contribution is 2.16. The van der Waals surface area contributed by atoms with Gasteiger partial charge in [0.05, 0.1) is 6.54 Å². The summed E-state index contributed by atoms with van der Waals surface area (Å²) in [6.07, 6.45) is 1.05. The summed E-state index contributed by atoms with van der Waals surface area (Å²) in [6.45, 7) is 2.33. The van der Waals surface area contributed by atoms with E-state index in [9.17, 15) is 4.79 Å². The molecule has 0 aliphatic carbocycles. The van der Waals surface area contributed by atoms with E-state index >= 15 is 0 Å². The summed E-state index contributed by atoms with van der Waals surface area (Å²) in [5.41, 5.74) is 0.614. The van der Waals surface area contributed by atoms with Crippen LogP contribution < -0.4 is 5.32 Å². The SMILES string of the molecule is CCCSc1nnc(CNC(=O)c2ccccc2)o1. The summed E-state index contributed by atoms with van der Waals surface area (Å²) in [7, 11) is 0. The first-order chi connectivity index (χ1) is 9.29. The number of carbonyl (C=O) groups excluding carboxylic acids is 1. The molecule has 6 heteroatoms. The van der Waals surface area contributed by atoms with Gasteiger partial charge < -0.3 is 9.73 Å². The number of thioether (sulfide) groups is 1. The average molecular weight is 277 g/mol. The summed E-state index contributed by atoms with van der Waals surface area (Å²) in [4.78, 5) is 11.8. The molecular formula is C13H15N3O2S. The molecule has 1 aromatic carbocycles. The molecular weight excluding hydrogens is 262 g/mol. The second kappa shape index (κ2) is 6.94. The van der Waals surface area contributed by atoms with Crippen molar-refractivity contribution in [2.75, 3.05) is 5.75 Å². The lowest BCUT2D eigenvalue weighted by Gasteiger charge is -2.01. The van der Waals surface area contributed by atoms with Crippen LogP contribution >= 0.6 is 11.8 Å². The molecule has 2 rings (SSSR count). The number of benzene rings is 1. The van der Waals surface area contributed by atoms with Crippen LogP contribution in [0.4, 0.5) is 0 Å². The van der Waals surface area contributed by atoms with Crippen molar-refractivity contribution in [1.82, 2.24) is 15.5 Å². The predicted molar refractivity (Wildman–Crippen MR) is 72.9 cm³/mol. The first kappa shape index (κ1) is 13.6. The minimum absolute atomic E-state index is 0.151. The summed E-state index contributed by atoms with van der Waals surface area (Å²) < 4.78 is 5.40. The molecule has 1 heterocycles. The van der Waals surface area contributed by atoms with Crippen LogP contribution in [0.25, 0.3) is 0 Å². The Hall–Kier alpha value is -1.82. The van der Waals surface area contributed by atoms with Crippen LogP contribution in [0.3, 0.4) is 0 Å². The molecule has 100 valence electrons. The number of hydrogen-bond donors (Lipinski definition) is 1. The fraction of sp³-hybridized carbons (Fsp3) is 0.308. The predicted octanol–water partition coefficient (Wildman–Crippen LogP) is 2.50. The third-order valence-electron chi connectivity index (χ3n) is 2.31. The standard InChI is InChI=1S/C13H15N3O2S/c1-2-8-19-13-16-15-11(18-13)9-14-12(17)10-6-4-3-5-7-10/h3-7H,2,8-9H2,1H3,(H,14,17). The molecule has 0 unspecified atom stereocenters. The number of nitrogens with zero attached hydrogens (tertiary/aromatic N) is 2. The van der Waals surface area contributed by atoms with Crippen LogP contribution in [0.2, 0.25) is 0 Å². The number of hydrogen-bond acceptors (Lipinski definition) is 5. The van der Waals surface area contributed by atoms with Crippen LogP contribution in [0.5, 0.6) is 0 Å². The van der Waals surface area contributed by atoms with E-state index in [2.05, 4.69) is 22.4 Å². The minimum atomic E-state index is -0.151. The summed E-state index contributed by atoms with van der Waals surface area (Å²) in [5.74, 6) is 1.21. The topological polar surface area (TPSA) is 68.0 Å². The van der Waals surface area contributed by atoms with Crippen LogP contribution in [0.15, 0.2) is 40.0 Å². The third kappa shape index (κ3) is 4.10. The Morgan fingerprint density at radius 3 is 2.84 bits per heavy atom. The summed E-state index contributed by atoms with van der Waals surface area (Å²) in [5, 5.41) is 11.1. The molecule has 1 amide bonds. The Bertz CT molecular complexity index is 528. The minimum Gasteiger partial charge on any atom is -0.414 e. The van der Waals surface area contributed by atoms with E-state index in [0.29, 0.717) is 16.7 Å². The van der Waals surface area contributed by atoms with Crippen molar-refractivity contribution in [1.29, 1.82) is 0 Å². The lowest BCUT2D eigenvalue weighted by atomic mass is 10.2. The van der Waals surface area contributed by atoms with Crippen LogP contribution in [0.1, 0.15) is 29.6 Å². The van der Waals surface area contributed by atoms with E-state index < -0.39 is 0 Å². The van der Waals surface area contributed by atoms with Gasteiger partial charge in [0.15, 0.2) is 0 Å². The molecule has 19 heavy (non-hydrogen) atoms. The third-order valence-corrected chi connectivity index (χ3v) is 3.34. The monoisotopic (exact) mass is 277 g/mol. The zero-order valence-electron chi connectivity index (χ0n) is 10.6. The zero-order chi connectivity index (χ0) is 13.5. The lowest BCUT2D eigenvalue weighted by Crippen LogP contribution is -2.22. The number of amides is 1. The van der Waals surface area contributed by atoms with E-state index in [1.54, 1.807) is 12.1 Å². The van der Waals surface area contributed by atoms with E-state index in [4.69, 9.17) is 4.42 Å². The maximum absolute atomic E-state index is 11.8. The van der Waals surface area contributed by atoms with Crippen LogP contribution in [-0.4, -0.2) is 21.9 Å². The first-order valence-electron chi connectivity index (χ1n) is 6.08. The fourth-order valence-corrected chi connectivity index (χ4v) is 2.04. The maximum Gasteiger partial charge on any atom is 0.276 e. The Balaban J connectivity index is 1.85. The van der Waals surface area contributed by atoms with Gasteiger partial charge in [-0.1, -0.05) is 36.9 Å². The zero-order valence-corrected chi connectivity index (χ0v) is 11.4. The smallest absolute Gasteiger partial charge is 0.276 e. The lowest BCUT2D eigenvalue weighted by molar-refractivity contribution is 0.0946. The van der Waals surface area contributed by atoms with Gasteiger partial charge in [0.25, 0.3) is 11.1 Å². The van der Waals surface area contributed by atoms with Crippen molar-refractivity contribution < 1.29 is 9.21 Å². The number of rotatable bonds is 6. The molecule has 0 aliphatic rings. The van der Waals surface area contributed by atoms with Gasteiger partial charge >= 0.3 is 0 Å². The molecule has 0 saturated heterocycles. The molecule has 0 aliphatic heterocycles. The Labute approximate surface area is 115 Å². The fourth-order valence-electron chi connectivity index (χ4n) is 1.40. The second-order valence-corrected chi connectivity index (χ2v) is 4.91. The van der Waals surface area contributed by atoms with E-state index in [1.807, 2.05) is 18.2 Å². The van der Waals surface area contributed by atoms with Crippen molar-refractivity contribution >= 4 is 17.7 Å². The Kier molecular flexibility index (Phi) is 4.97. The first-order valence-corrected chi connectivity index (χ1v) is 7.06. The van der Waals surface area contributed by atoms with E-state index in [-0.39, 0.29) is 12.5 Å². The molecule has 0 spiro atoms. The number of nitrogens with one attached hydrogen (secondary N) is 1. The summed E-state index contributed by atoms with van der Waals surface area (Å²) >= 11 is 1.52. The van der Waals surface area contributed by atoms with Gasteiger partial charge in [0.2, 0.25) is 5.89 Å². The van der Waals surface area contributed by atoms with Gasteiger partial charge in [-0.25, -0.2) is 0 Å². The molecule has 0 bridgehead atoms. The van der Waals surface area contributed by atoms with Gasteiger partial charge in [-0.05, 0) is 18.6 Å². The highest BCUT2D eigenvalue weighted by Gasteiger charge is 2.09. The molecule has 0 saturated carbocycles. The van der Waals surface area contributed by atoms with E-state index in [0.717, 1.165) is 12.2 Å². The second-order valence-electron chi connectivity index (χ2n) is 3.86. The Morgan fingerprint density at radius 2 is 2.11 bits per heavy atom. The van der Waals surface area contributed by atoms with Gasteiger partial charge in [0, 0.05) is 11.3 Å². The summed E-state index contributed by atoms with van der Waals surface area (Å²) in [6, 6.07) is 9.02. The largest absolute Gasteiger partial charge is 0.414 e. The number of carbonyl (C=O) groups is 1. The number of aromatic nitrogens is 2. The van der Waals surface area contributed by atoms with Gasteiger partial charge in [0.1, 0.15) is 0 Å². The molecule has 1 N–H and O–H groups in total. The van der Waals surface area contributed by atoms with Crippen molar-refractivity contribution in [2.45, 2.75) is 25.1 Å². The van der Waals surface area contributed by atoms with Gasteiger partial charge in [-0.3, -0.25) is 4.79 Å². The van der Waals surface area contributed by atoms with Gasteiger partial charge in [-0.2, -0.15) is 0 Å². The van der Waals surface area contributed by atoms with Crippen molar-refractivity contribution in [2.24, 2.45) is 0 Å². The molecule has 0 radical (unpaired) electrons. The molecule has 2 aromatic rings. The highest BCUT2D eigenvalue weighted by atomic mass is 32.2. The Morgan fingerprint density at radius 1 is 1.32 bits per heavy atom. The van der Waals surface area contributed by atoms with Crippen LogP contribution in [-0.2, 0) is 6.54 Å². The van der Waals surface area contributed by atoms with Crippen LogP contribution in [0, 0.1) is 0 Å². The van der Waals surface area contributed by atoms with Crippen molar-refractivity contribution in [3.8, 4) is 0 Å². The molecule has 1 aromatic heterocycles. The average Bonchev–Trinajstić information content (AvgIpc) is 2.91.